The van der Waals surface area contributed by atoms with Gasteiger partial charge in [-0.15, -0.1) is 0 Å². The highest BCUT2D eigenvalue weighted by molar-refractivity contribution is 6.30. The first-order valence-corrected chi connectivity index (χ1v) is 9.28. The smallest absolute Gasteiger partial charge is 0.269 e. The van der Waals surface area contributed by atoms with E-state index < -0.39 is 11.0 Å². The van der Waals surface area contributed by atoms with Crippen molar-refractivity contribution in [3.8, 4) is 5.75 Å². The number of anilines is 1. The number of rotatable bonds is 7. The van der Waals surface area contributed by atoms with Crippen LogP contribution in [0.2, 0.25) is 5.02 Å². The summed E-state index contributed by atoms with van der Waals surface area (Å²) in [6.45, 7) is 4.45. The van der Waals surface area contributed by atoms with Gasteiger partial charge in [-0.1, -0.05) is 17.7 Å². The van der Waals surface area contributed by atoms with Crippen LogP contribution in [0.4, 0.5) is 11.4 Å². The zero-order chi connectivity index (χ0) is 19.2. The molecule has 0 amide bonds. The molecule has 0 aromatic heterocycles. The molecule has 0 radical (unpaired) electrons. The molecular formula is C19H23ClN3O4+. The van der Waals surface area contributed by atoms with E-state index in [9.17, 15) is 15.2 Å². The normalized spacial score (nSPS) is 16.1. The first-order valence-electron chi connectivity index (χ1n) is 8.90. The lowest BCUT2D eigenvalue weighted by molar-refractivity contribution is -0.903. The molecule has 0 bridgehead atoms. The van der Waals surface area contributed by atoms with Crippen LogP contribution in [-0.2, 0) is 0 Å². The van der Waals surface area contributed by atoms with Gasteiger partial charge in [0, 0.05) is 22.8 Å². The number of aliphatic hydroxyl groups excluding tert-OH is 1. The lowest BCUT2D eigenvalue weighted by atomic mass is 10.2. The molecule has 1 atom stereocenters. The highest BCUT2D eigenvalue weighted by atomic mass is 35.5. The number of quaternary nitrogens is 1. The third kappa shape index (κ3) is 5.56. The maximum Gasteiger partial charge on any atom is 0.269 e. The van der Waals surface area contributed by atoms with Crippen molar-refractivity contribution in [3.05, 3.63) is 63.7 Å². The molecule has 0 aliphatic carbocycles. The molecule has 27 heavy (non-hydrogen) atoms. The number of halogens is 1. The van der Waals surface area contributed by atoms with Crippen LogP contribution in [0.15, 0.2) is 48.5 Å². The molecule has 1 aliphatic rings. The molecule has 3 rings (SSSR count). The standard InChI is InChI=1S/C19H22ClN3O4/c20-15-2-1-3-17(12-15)22-10-8-21(9-11-22)13-18(24)14-27-19-6-4-16(5-7-19)23(25)26/h1-7,12,18,24H,8-11,13-14H2/p+1/t18-/m1/s1. The van der Waals surface area contributed by atoms with Gasteiger partial charge >= 0.3 is 0 Å². The summed E-state index contributed by atoms with van der Waals surface area (Å²) in [5, 5.41) is 21.6. The number of nitro benzene ring substituents is 1. The lowest BCUT2D eigenvalue weighted by Crippen LogP contribution is -3.16. The van der Waals surface area contributed by atoms with Crippen molar-refractivity contribution in [1.29, 1.82) is 0 Å². The summed E-state index contributed by atoms with van der Waals surface area (Å²) < 4.78 is 5.54. The molecule has 0 unspecified atom stereocenters. The quantitative estimate of drug-likeness (QED) is 0.550. The molecule has 1 heterocycles. The van der Waals surface area contributed by atoms with E-state index in [0.29, 0.717) is 12.3 Å². The summed E-state index contributed by atoms with van der Waals surface area (Å²) in [5.41, 5.74) is 1.15. The molecule has 144 valence electrons. The number of ether oxygens (including phenoxy) is 1. The predicted octanol–water partition coefficient (Wildman–Crippen LogP) is 1.39. The number of nitrogens with zero attached hydrogens (tertiary/aromatic N) is 2. The number of nitrogens with one attached hydrogen (secondary N) is 1. The third-order valence-electron chi connectivity index (χ3n) is 4.66. The lowest BCUT2D eigenvalue weighted by Gasteiger charge is -2.34. The molecule has 1 fully saturated rings. The zero-order valence-corrected chi connectivity index (χ0v) is 15.6. The van der Waals surface area contributed by atoms with Crippen LogP contribution in [-0.4, -0.2) is 55.5 Å². The summed E-state index contributed by atoms with van der Waals surface area (Å²) >= 11 is 6.06. The molecule has 1 aliphatic heterocycles. The zero-order valence-electron chi connectivity index (χ0n) is 14.9. The monoisotopic (exact) mass is 392 g/mol. The van der Waals surface area contributed by atoms with Crippen LogP contribution < -0.4 is 14.5 Å². The number of nitro groups is 1. The molecule has 8 heteroatoms. The Balaban J connectivity index is 1.41. The average Bonchev–Trinajstić information content (AvgIpc) is 2.67. The number of hydrogen-bond donors (Lipinski definition) is 2. The molecule has 1 saturated heterocycles. The summed E-state index contributed by atoms with van der Waals surface area (Å²) in [5.74, 6) is 0.514. The molecule has 2 aromatic carbocycles. The van der Waals surface area contributed by atoms with Crippen LogP contribution in [0.25, 0.3) is 0 Å². The first kappa shape index (κ1) is 19.4. The number of non-ortho nitro benzene ring substituents is 1. The van der Waals surface area contributed by atoms with Crippen molar-refractivity contribution < 1.29 is 19.7 Å². The summed E-state index contributed by atoms with van der Waals surface area (Å²) in [6, 6.07) is 13.7. The van der Waals surface area contributed by atoms with Crippen molar-refractivity contribution in [2.45, 2.75) is 6.10 Å². The molecule has 0 saturated carbocycles. The largest absolute Gasteiger partial charge is 0.491 e. The maximum atomic E-state index is 10.6. The maximum absolute atomic E-state index is 10.6. The first-order chi connectivity index (χ1) is 13.0. The van der Waals surface area contributed by atoms with Crippen LogP contribution in [0.1, 0.15) is 0 Å². The Bertz CT molecular complexity index is 764. The van der Waals surface area contributed by atoms with Gasteiger partial charge < -0.3 is 19.6 Å². The minimum atomic E-state index is -0.590. The van der Waals surface area contributed by atoms with Gasteiger partial charge in [0.15, 0.2) is 0 Å². The van der Waals surface area contributed by atoms with Gasteiger partial charge in [-0.2, -0.15) is 0 Å². The fraction of sp³-hybridized carbons (Fsp3) is 0.368. The fourth-order valence-corrected chi connectivity index (χ4v) is 3.39. The van der Waals surface area contributed by atoms with Gasteiger partial charge in [0.25, 0.3) is 5.69 Å². The third-order valence-corrected chi connectivity index (χ3v) is 4.89. The van der Waals surface area contributed by atoms with Crippen molar-refractivity contribution in [2.24, 2.45) is 0 Å². The average molecular weight is 393 g/mol. The van der Waals surface area contributed by atoms with Gasteiger partial charge in [-0.05, 0) is 30.3 Å². The number of aliphatic hydroxyl groups is 1. The number of hydrogen-bond acceptors (Lipinski definition) is 5. The van der Waals surface area contributed by atoms with Crippen LogP contribution >= 0.6 is 11.6 Å². The number of benzene rings is 2. The van der Waals surface area contributed by atoms with Gasteiger partial charge in [-0.25, -0.2) is 0 Å². The number of piperazine rings is 1. The second kappa shape index (κ2) is 9.03. The van der Waals surface area contributed by atoms with E-state index in [-0.39, 0.29) is 12.3 Å². The molecule has 2 aromatic rings. The van der Waals surface area contributed by atoms with E-state index in [1.54, 1.807) is 12.1 Å². The minimum absolute atomic E-state index is 0.0184. The summed E-state index contributed by atoms with van der Waals surface area (Å²) in [4.78, 5) is 13.8. The van der Waals surface area contributed by atoms with Gasteiger partial charge in [0.2, 0.25) is 0 Å². The van der Waals surface area contributed by atoms with Crippen molar-refractivity contribution in [3.63, 3.8) is 0 Å². The van der Waals surface area contributed by atoms with E-state index >= 15 is 0 Å². The molecule has 0 spiro atoms. The highest BCUT2D eigenvalue weighted by Crippen LogP contribution is 2.19. The molecule has 7 nitrogen and oxygen atoms in total. The Labute approximate surface area is 162 Å². The van der Waals surface area contributed by atoms with E-state index in [4.69, 9.17) is 16.3 Å². The van der Waals surface area contributed by atoms with Crippen molar-refractivity contribution in [2.75, 3.05) is 44.2 Å². The Hall–Kier alpha value is -2.35. The highest BCUT2D eigenvalue weighted by Gasteiger charge is 2.23. The Kier molecular flexibility index (Phi) is 6.49. The fourth-order valence-electron chi connectivity index (χ4n) is 3.21. The van der Waals surface area contributed by atoms with Gasteiger partial charge in [0.05, 0.1) is 31.1 Å². The van der Waals surface area contributed by atoms with E-state index in [0.717, 1.165) is 36.9 Å². The Morgan fingerprint density at radius 2 is 1.93 bits per heavy atom. The Morgan fingerprint density at radius 1 is 1.22 bits per heavy atom. The van der Waals surface area contributed by atoms with Gasteiger partial charge in [-0.3, -0.25) is 10.1 Å². The van der Waals surface area contributed by atoms with Crippen molar-refractivity contribution in [1.82, 2.24) is 0 Å². The van der Waals surface area contributed by atoms with Gasteiger partial charge in [0.1, 0.15) is 25.0 Å². The second-order valence-corrected chi connectivity index (χ2v) is 7.07. The Morgan fingerprint density at radius 3 is 2.56 bits per heavy atom. The topological polar surface area (TPSA) is 80.3 Å². The van der Waals surface area contributed by atoms with Crippen LogP contribution in [0.5, 0.6) is 5.75 Å². The minimum Gasteiger partial charge on any atom is -0.491 e. The van der Waals surface area contributed by atoms with E-state index in [1.165, 1.54) is 17.0 Å². The SMILES string of the molecule is O=[N+]([O-])c1ccc(OC[C@H](O)C[NH+]2CCN(c3cccc(Cl)c3)CC2)cc1. The van der Waals surface area contributed by atoms with E-state index in [1.807, 2.05) is 18.2 Å². The van der Waals surface area contributed by atoms with Crippen LogP contribution in [0, 0.1) is 10.1 Å². The second-order valence-electron chi connectivity index (χ2n) is 6.64. The van der Waals surface area contributed by atoms with E-state index in [2.05, 4.69) is 11.0 Å². The summed E-state index contributed by atoms with van der Waals surface area (Å²) in [7, 11) is 0. The molecular weight excluding hydrogens is 370 g/mol. The predicted molar refractivity (Wildman–Crippen MR) is 104 cm³/mol. The summed E-state index contributed by atoms with van der Waals surface area (Å²) in [6.07, 6.45) is -0.590. The van der Waals surface area contributed by atoms with Crippen molar-refractivity contribution >= 4 is 23.0 Å². The van der Waals surface area contributed by atoms with Crippen LogP contribution in [0.3, 0.4) is 0 Å². The molecule has 2 N–H and O–H groups in total.